The summed E-state index contributed by atoms with van der Waals surface area (Å²) in [5.74, 6) is -1.44. The minimum Gasteiger partial charge on any atom is -0.463 e. The second-order valence-electron chi connectivity index (χ2n) is 7.80. The van der Waals surface area contributed by atoms with E-state index in [1.807, 2.05) is 56.3 Å². The number of amides is 1. The van der Waals surface area contributed by atoms with E-state index in [0.29, 0.717) is 5.02 Å². The van der Waals surface area contributed by atoms with E-state index in [9.17, 15) is 14.7 Å². The van der Waals surface area contributed by atoms with Crippen LogP contribution in [0.25, 0.3) is 11.1 Å². The molecule has 3 rings (SSSR count). The maximum absolute atomic E-state index is 12.4. The highest BCUT2D eigenvalue weighted by molar-refractivity contribution is 6.30. The third kappa shape index (κ3) is 7.35. The van der Waals surface area contributed by atoms with Gasteiger partial charge in [0.2, 0.25) is 0 Å². The summed E-state index contributed by atoms with van der Waals surface area (Å²) in [5, 5.41) is 25.2. The molecular weight excluding hydrogens is 448 g/mol. The van der Waals surface area contributed by atoms with Gasteiger partial charge in [0.25, 0.3) is 5.82 Å². The predicted molar refractivity (Wildman–Crippen MR) is 121 cm³/mol. The van der Waals surface area contributed by atoms with Gasteiger partial charge in [0, 0.05) is 11.6 Å². The number of benzene rings is 2. The molecule has 11 heteroatoms. The average molecular weight is 473 g/mol. The molecule has 0 aliphatic rings. The van der Waals surface area contributed by atoms with E-state index in [2.05, 4.69) is 26.0 Å². The zero-order valence-electron chi connectivity index (χ0n) is 18.2. The Balaban J connectivity index is 1.71. The lowest BCUT2D eigenvalue weighted by molar-refractivity contribution is -0.156. The summed E-state index contributed by atoms with van der Waals surface area (Å²) in [5.41, 5.74) is 5.37. The van der Waals surface area contributed by atoms with Crippen LogP contribution in [0.2, 0.25) is 5.02 Å². The molecule has 0 saturated heterocycles. The number of rotatable bonds is 10. The number of aliphatic hydroxyl groups is 1. The number of nitrogens with one attached hydrogen (secondary N) is 2. The van der Waals surface area contributed by atoms with Crippen molar-refractivity contribution in [2.45, 2.75) is 26.5 Å². The number of halogens is 1. The molecule has 10 nitrogen and oxygen atoms in total. The topological polar surface area (TPSA) is 133 Å². The fourth-order valence-electron chi connectivity index (χ4n) is 2.92. The Morgan fingerprint density at radius 2 is 1.94 bits per heavy atom. The molecule has 0 aliphatic heterocycles. The Morgan fingerprint density at radius 1 is 1.18 bits per heavy atom. The normalized spacial score (nSPS) is 12.1. The van der Waals surface area contributed by atoms with E-state index in [-0.39, 0.29) is 31.4 Å². The summed E-state index contributed by atoms with van der Waals surface area (Å²) < 4.78 is 5.09. The van der Waals surface area contributed by atoms with Crippen molar-refractivity contribution in [3.8, 4) is 11.1 Å². The zero-order valence-corrected chi connectivity index (χ0v) is 19.0. The Labute approximate surface area is 195 Å². The van der Waals surface area contributed by atoms with E-state index in [1.165, 1.54) is 5.01 Å². The number of nitrogens with zero attached hydrogens (tertiary/aromatic N) is 4. The third-order valence-electron chi connectivity index (χ3n) is 4.52. The van der Waals surface area contributed by atoms with Crippen molar-refractivity contribution in [2.75, 3.05) is 13.2 Å². The van der Waals surface area contributed by atoms with E-state index < -0.39 is 18.0 Å². The second-order valence-corrected chi connectivity index (χ2v) is 8.24. The number of hydrogen-bond acceptors (Lipinski definition) is 8. The molecule has 2 aromatic carbocycles. The molecule has 3 N–H and O–H groups in total. The Hall–Kier alpha value is -3.34. The number of esters is 1. The van der Waals surface area contributed by atoms with Crippen LogP contribution in [0.3, 0.4) is 0 Å². The van der Waals surface area contributed by atoms with Crippen LogP contribution in [0.15, 0.2) is 48.5 Å². The van der Waals surface area contributed by atoms with Crippen molar-refractivity contribution in [1.82, 2.24) is 31.1 Å². The molecule has 0 saturated carbocycles. The van der Waals surface area contributed by atoms with Gasteiger partial charge in [-0.2, -0.15) is 5.21 Å². The van der Waals surface area contributed by atoms with Crippen LogP contribution in [-0.2, 0) is 16.1 Å². The van der Waals surface area contributed by atoms with E-state index in [0.717, 1.165) is 16.7 Å². The monoisotopic (exact) mass is 472 g/mol. The smallest absolute Gasteiger partial charge is 0.336 e. The molecular formula is C22H25ClN6O4. The third-order valence-corrected chi connectivity index (χ3v) is 4.75. The highest BCUT2D eigenvalue weighted by Crippen LogP contribution is 2.23. The molecule has 0 fully saturated rings. The average Bonchev–Trinajstić information content (AvgIpc) is 3.33. The van der Waals surface area contributed by atoms with Gasteiger partial charge in [-0.05, 0) is 40.0 Å². The predicted octanol–water partition coefficient (Wildman–Crippen LogP) is 2.23. The summed E-state index contributed by atoms with van der Waals surface area (Å²) in [6.07, 6.45) is -1.46. The molecule has 0 radical (unpaired) electrons. The Kier molecular flexibility index (Phi) is 8.47. The van der Waals surface area contributed by atoms with Gasteiger partial charge >= 0.3 is 11.9 Å². The van der Waals surface area contributed by atoms with Gasteiger partial charge in [0.15, 0.2) is 6.10 Å². The number of carbonyl (C=O) groups is 2. The minimum absolute atomic E-state index is 0.133. The number of H-pyrrole nitrogens is 1. The van der Waals surface area contributed by atoms with Gasteiger partial charge in [0.05, 0.1) is 13.2 Å². The summed E-state index contributed by atoms with van der Waals surface area (Å²) >= 11 is 6.07. The van der Waals surface area contributed by atoms with Gasteiger partial charge in [-0.15, -0.1) is 10.2 Å². The Bertz CT molecular complexity index is 1060. The van der Waals surface area contributed by atoms with Crippen LogP contribution in [0.1, 0.15) is 30.0 Å². The second kappa shape index (κ2) is 11.5. The lowest BCUT2D eigenvalue weighted by atomic mass is 10.0. The van der Waals surface area contributed by atoms with Crippen molar-refractivity contribution in [2.24, 2.45) is 5.92 Å². The van der Waals surface area contributed by atoms with Crippen LogP contribution in [0, 0.1) is 5.92 Å². The van der Waals surface area contributed by atoms with E-state index in [4.69, 9.17) is 16.3 Å². The first-order valence-corrected chi connectivity index (χ1v) is 10.7. The summed E-state index contributed by atoms with van der Waals surface area (Å²) in [6, 6.07) is 15.1. The largest absolute Gasteiger partial charge is 0.463 e. The summed E-state index contributed by atoms with van der Waals surface area (Å²) in [6.45, 7) is 3.98. The highest BCUT2D eigenvalue weighted by Gasteiger charge is 2.23. The van der Waals surface area contributed by atoms with Crippen molar-refractivity contribution < 1.29 is 19.4 Å². The Morgan fingerprint density at radius 3 is 2.58 bits per heavy atom. The number of aromatic amines is 1. The lowest BCUT2D eigenvalue weighted by Gasteiger charge is -2.24. The van der Waals surface area contributed by atoms with Gasteiger partial charge in [-0.25, -0.2) is 9.80 Å². The zero-order chi connectivity index (χ0) is 23.8. The molecule has 3 aromatic rings. The molecule has 0 unspecified atom stereocenters. The van der Waals surface area contributed by atoms with E-state index in [1.54, 1.807) is 6.07 Å². The standard InChI is InChI=1S/C22H25ClN6O4/c1-14(2)13-33-22(32)19(30)12-29(26-21(31)20-24-27-28-25-20)11-15-6-8-16(9-7-15)17-4-3-5-18(23)10-17/h3-10,14,19,30H,11-13H2,1-2H3,(H,26,31)(H,24,25,27,28)/t19-/m1/s1. The van der Waals surface area contributed by atoms with Crippen molar-refractivity contribution in [3.63, 3.8) is 0 Å². The van der Waals surface area contributed by atoms with Crippen LogP contribution in [-0.4, -0.2) is 61.9 Å². The van der Waals surface area contributed by atoms with Gasteiger partial charge in [0.1, 0.15) is 0 Å². The first-order chi connectivity index (χ1) is 15.8. The highest BCUT2D eigenvalue weighted by atomic mass is 35.5. The molecule has 1 atom stereocenters. The van der Waals surface area contributed by atoms with Gasteiger partial charge in [-0.1, -0.05) is 61.8 Å². The van der Waals surface area contributed by atoms with Gasteiger partial charge in [-0.3, -0.25) is 10.2 Å². The van der Waals surface area contributed by atoms with Crippen molar-refractivity contribution in [1.29, 1.82) is 0 Å². The first-order valence-electron chi connectivity index (χ1n) is 10.3. The fraction of sp³-hybridized carbons (Fsp3) is 0.318. The van der Waals surface area contributed by atoms with E-state index >= 15 is 0 Å². The summed E-state index contributed by atoms with van der Waals surface area (Å²) in [7, 11) is 0. The first kappa shape index (κ1) is 24.3. The van der Waals surface area contributed by atoms with Crippen molar-refractivity contribution in [3.05, 3.63) is 64.9 Å². The number of carbonyl (C=O) groups excluding carboxylic acids is 2. The number of hydrogen-bond donors (Lipinski definition) is 3. The summed E-state index contributed by atoms with van der Waals surface area (Å²) in [4.78, 5) is 24.5. The minimum atomic E-state index is -1.46. The lowest BCUT2D eigenvalue weighted by Crippen LogP contribution is -2.48. The number of tetrazole rings is 1. The number of hydrazine groups is 1. The van der Waals surface area contributed by atoms with Crippen LogP contribution in [0.4, 0.5) is 0 Å². The molecule has 174 valence electrons. The molecule has 0 bridgehead atoms. The maximum atomic E-state index is 12.4. The number of aliphatic hydroxyl groups excluding tert-OH is 1. The van der Waals surface area contributed by atoms with Crippen molar-refractivity contribution >= 4 is 23.5 Å². The number of ether oxygens (including phenoxy) is 1. The fourth-order valence-corrected chi connectivity index (χ4v) is 3.11. The number of aromatic nitrogens is 4. The molecule has 1 amide bonds. The van der Waals surface area contributed by atoms with Gasteiger partial charge < -0.3 is 9.84 Å². The van der Waals surface area contributed by atoms with Crippen LogP contribution >= 0.6 is 11.6 Å². The maximum Gasteiger partial charge on any atom is 0.336 e. The molecule has 0 spiro atoms. The SMILES string of the molecule is CC(C)COC(=O)[C@H](O)CN(Cc1ccc(-c2cccc(Cl)c2)cc1)NC(=O)c1nn[nH]n1. The molecule has 1 heterocycles. The molecule has 0 aliphatic carbocycles. The quantitative estimate of drug-likeness (QED) is 0.302. The molecule has 33 heavy (non-hydrogen) atoms. The van der Waals surface area contributed by atoms with Crippen LogP contribution < -0.4 is 5.43 Å². The molecule has 1 aromatic heterocycles. The van der Waals surface area contributed by atoms with Crippen LogP contribution in [0.5, 0.6) is 0 Å².